The Morgan fingerprint density at radius 2 is 2.15 bits per heavy atom. The van der Waals surface area contributed by atoms with E-state index in [1.165, 1.54) is 10.4 Å². The summed E-state index contributed by atoms with van der Waals surface area (Å²) in [5, 5.41) is 9.59. The summed E-state index contributed by atoms with van der Waals surface area (Å²) >= 11 is 0. The van der Waals surface area contributed by atoms with Crippen LogP contribution in [0.15, 0.2) is 12.7 Å². The zero-order valence-corrected chi connectivity index (χ0v) is 8.55. The minimum absolute atomic E-state index is 0.0488. The van der Waals surface area contributed by atoms with E-state index in [-0.39, 0.29) is 18.8 Å². The van der Waals surface area contributed by atoms with Gasteiger partial charge in [-0.05, 0) is 6.42 Å². The predicted octanol–water partition coefficient (Wildman–Crippen LogP) is -0.0411. The second-order valence-electron chi connectivity index (χ2n) is 3.41. The molecular weight excluding hydrogens is 190 g/mol. The van der Waals surface area contributed by atoms with Crippen LogP contribution in [-0.4, -0.2) is 42.3 Å². The van der Waals surface area contributed by atoms with Crippen molar-refractivity contribution < 1.29 is 13.5 Å². The third-order valence-corrected chi connectivity index (χ3v) is 4.02. The van der Waals surface area contributed by atoms with E-state index in [0.29, 0.717) is 6.42 Å². The monoisotopic (exact) mass is 205 g/mol. The summed E-state index contributed by atoms with van der Waals surface area (Å²) in [6.07, 6.45) is 1.95. The van der Waals surface area contributed by atoms with Crippen molar-refractivity contribution in [1.29, 1.82) is 0 Å². The zero-order chi connectivity index (χ0) is 10.1. The Balaban J connectivity index is 2.57. The van der Waals surface area contributed by atoms with Gasteiger partial charge in [0.1, 0.15) is 0 Å². The molecule has 1 heterocycles. The second-order valence-corrected chi connectivity index (χ2v) is 5.43. The van der Waals surface area contributed by atoms with Gasteiger partial charge in [0.05, 0.1) is 11.4 Å². The van der Waals surface area contributed by atoms with E-state index in [4.69, 9.17) is 0 Å². The van der Waals surface area contributed by atoms with Crippen LogP contribution in [0, 0.1) is 0 Å². The van der Waals surface area contributed by atoms with Crippen LogP contribution in [-0.2, 0) is 10.0 Å². The average Bonchev–Trinajstić information content (AvgIpc) is 1.98. The molecular formula is C8H15NO3S. The lowest BCUT2D eigenvalue weighted by molar-refractivity contribution is -0.0612. The lowest BCUT2D eigenvalue weighted by atomic mass is 9.94. The molecule has 1 rings (SSSR count). The van der Waals surface area contributed by atoms with Crippen LogP contribution >= 0.6 is 0 Å². The van der Waals surface area contributed by atoms with E-state index in [1.807, 2.05) is 6.92 Å². The maximum atomic E-state index is 11.4. The van der Waals surface area contributed by atoms with Gasteiger partial charge in [-0.3, -0.25) is 0 Å². The first-order chi connectivity index (χ1) is 5.93. The van der Waals surface area contributed by atoms with Crippen molar-refractivity contribution in [1.82, 2.24) is 4.31 Å². The fourth-order valence-electron chi connectivity index (χ4n) is 1.28. The van der Waals surface area contributed by atoms with Crippen molar-refractivity contribution in [3.05, 3.63) is 12.7 Å². The molecule has 1 fully saturated rings. The fraction of sp³-hybridized carbons (Fsp3) is 0.750. The van der Waals surface area contributed by atoms with Crippen LogP contribution in [0.3, 0.4) is 0 Å². The molecule has 4 nitrogen and oxygen atoms in total. The van der Waals surface area contributed by atoms with Crippen molar-refractivity contribution in [2.24, 2.45) is 0 Å². The summed E-state index contributed by atoms with van der Waals surface area (Å²) < 4.78 is 24.0. The van der Waals surface area contributed by atoms with Gasteiger partial charge in [-0.15, -0.1) is 6.58 Å². The summed E-state index contributed by atoms with van der Waals surface area (Å²) in [6, 6.07) is 0. The van der Waals surface area contributed by atoms with Crippen molar-refractivity contribution in [2.45, 2.75) is 18.9 Å². The molecule has 5 heteroatoms. The van der Waals surface area contributed by atoms with Gasteiger partial charge < -0.3 is 5.11 Å². The van der Waals surface area contributed by atoms with Crippen LogP contribution in [0.4, 0.5) is 0 Å². The maximum Gasteiger partial charge on any atom is 0.217 e. The van der Waals surface area contributed by atoms with Crippen molar-refractivity contribution in [3.8, 4) is 0 Å². The topological polar surface area (TPSA) is 57.6 Å². The van der Waals surface area contributed by atoms with E-state index >= 15 is 0 Å². The molecule has 0 spiro atoms. The Morgan fingerprint density at radius 1 is 1.62 bits per heavy atom. The molecule has 1 aliphatic heterocycles. The highest BCUT2D eigenvalue weighted by Crippen LogP contribution is 2.26. The first-order valence-electron chi connectivity index (χ1n) is 4.24. The molecule has 0 aromatic rings. The summed E-state index contributed by atoms with van der Waals surface area (Å²) in [5.74, 6) is -0.0488. The molecule has 1 N–H and O–H groups in total. The number of nitrogens with zero attached hydrogens (tertiary/aromatic N) is 1. The van der Waals surface area contributed by atoms with Crippen LogP contribution in [0.1, 0.15) is 13.3 Å². The lowest BCUT2D eigenvalue weighted by Gasteiger charge is -2.44. The molecule has 0 bridgehead atoms. The largest absolute Gasteiger partial charge is 0.387 e. The van der Waals surface area contributed by atoms with Gasteiger partial charge in [-0.2, -0.15) is 4.31 Å². The minimum Gasteiger partial charge on any atom is -0.387 e. The molecule has 0 amide bonds. The van der Waals surface area contributed by atoms with Gasteiger partial charge in [-0.25, -0.2) is 8.42 Å². The van der Waals surface area contributed by atoms with Gasteiger partial charge in [-0.1, -0.05) is 13.0 Å². The average molecular weight is 205 g/mol. The molecule has 76 valence electrons. The van der Waals surface area contributed by atoms with Crippen LogP contribution in [0.25, 0.3) is 0 Å². The standard InChI is InChI=1S/C8H15NO3S/c1-3-5-13(11,12)9-6-8(10,4-2)7-9/h3,10H,1,4-7H2,2H3. The van der Waals surface area contributed by atoms with E-state index in [1.54, 1.807) is 0 Å². The normalized spacial score (nSPS) is 22.3. The van der Waals surface area contributed by atoms with Crippen molar-refractivity contribution >= 4 is 10.0 Å². The Labute approximate surface area is 78.9 Å². The van der Waals surface area contributed by atoms with Gasteiger partial charge in [0, 0.05) is 13.1 Å². The third-order valence-electron chi connectivity index (χ3n) is 2.32. The van der Waals surface area contributed by atoms with Crippen LogP contribution in [0.5, 0.6) is 0 Å². The van der Waals surface area contributed by atoms with Crippen molar-refractivity contribution in [2.75, 3.05) is 18.8 Å². The molecule has 0 radical (unpaired) electrons. The molecule has 0 saturated carbocycles. The van der Waals surface area contributed by atoms with E-state index in [0.717, 1.165) is 0 Å². The molecule has 13 heavy (non-hydrogen) atoms. The lowest BCUT2D eigenvalue weighted by Crippen LogP contribution is -2.63. The highest BCUT2D eigenvalue weighted by atomic mass is 32.2. The second kappa shape index (κ2) is 3.40. The number of β-amino-alcohol motifs (C(OH)–C–C–N with tert-alkyl or cyclic N) is 1. The SMILES string of the molecule is C=CCS(=O)(=O)N1CC(O)(CC)C1. The molecule has 1 saturated heterocycles. The molecule has 0 unspecified atom stereocenters. The molecule has 0 aliphatic carbocycles. The number of hydrogen-bond acceptors (Lipinski definition) is 3. The molecule has 1 aliphatic rings. The Morgan fingerprint density at radius 3 is 2.54 bits per heavy atom. The summed E-state index contributed by atoms with van der Waals surface area (Å²) in [6.45, 7) is 5.66. The highest BCUT2D eigenvalue weighted by molar-refractivity contribution is 7.89. The number of hydrogen-bond donors (Lipinski definition) is 1. The Hall–Kier alpha value is -0.390. The van der Waals surface area contributed by atoms with Gasteiger partial charge in [0.25, 0.3) is 0 Å². The van der Waals surface area contributed by atoms with Crippen LogP contribution in [0.2, 0.25) is 0 Å². The third kappa shape index (κ3) is 2.10. The highest BCUT2D eigenvalue weighted by Gasteiger charge is 2.44. The van der Waals surface area contributed by atoms with Gasteiger partial charge >= 0.3 is 0 Å². The number of sulfonamides is 1. The van der Waals surface area contributed by atoms with Crippen molar-refractivity contribution in [3.63, 3.8) is 0 Å². The summed E-state index contributed by atoms with van der Waals surface area (Å²) in [7, 11) is -3.20. The van der Waals surface area contributed by atoms with E-state index in [9.17, 15) is 13.5 Å². The minimum atomic E-state index is -3.20. The Kier molecular flexibility index (Phi) is 2.79. The fourth-order valence-corrected chi connectivity index (χ4v) is 2.67. The smallest absolute Gasteiger partial charge is 0.217 e. The van der Waals surface area contributed by atoms with E-state index in [2.05, 4.69) is 6.58 Å². The predicted molar refractivity (Wildman–Crippen MR) is 50.8 cm³/mol. The van der Waals surface area contributed by atoms with E-state index < -0.39 is 15.6 Å². The zero-order valence-electron chi connectivity index (χ0n) is 7.73. The number of rotatable bonds is 4. The first-order valence-corrected chi connectivity index (χ1v) is 5.85. The maximum absolute atomic E-state index is 11.4. The molecule has 0 aromatic heterocycles. The summed E-state index contributed by atoms with van der Waals surface area (Å²) in [5.41, 5.74) is -0.797. The first kappa shape index (κ1) is 10.7. The quantitative estimate of drug-likeness (QED) is 0.655. The molecule has 0 aromatic carbocycles. The van der Waals surface area contributed by atoms with Crippen LogP contribution < -0.4 is 0 Å². The van der Waals surface area contributed by atoms with Gasteiger partial charge in [0.2, 0.25) is 10.0 Å². The Bertz CT molecular complexity index is 291. The molecule has 0 atom stereocenters. The summed E-state index contributed by atoms with van der Waals surface area (Å²) in [4.78, 5) is 0. The van der Waals surface area contributed by atoms with Gasteiger partial charge in [0.15, 0.2) is 0 Å². The number of aliphatic hydroxyl groups is 1.